The first-order valence-corrected chi connectivity index (χ1v) is 6.64. The maximum Gasteiger partial charge on any atom is 0.210 e. The molecule has 0 radical (unpaired) electrons. The lowest BCUT2D eigenvalue weighted by Crippen LogP contribution is -2.36. The van der Waals surface area contributed by atoms with Gasteiger partial charge in [-0.2, -0.15) is 0 Å². The predicted molar refractivity (Wildman–Crippen MR) is 79.6 cm³/mol. The summed E-state index contributed by atoms with van der Waals surface area (Å²) < 4.78 is 0. The number of nitrogens with one attached hydrogen (secondary N) is 2. The highest BCUT2D eigenvalue weighted by molar-refractivity contribution is 6.42. The standard InChI is InChI=1S/C11H15Cl3N4/c1-2-3-4-16-11(18-15)17-10-8(13)5-7(12)6-9(10)14/h5-6H,2-4,15H2,1H3,(H2,16,17,18). The highest BCUT2D eigenvalue weighted by atomic mass is 35.5. The number of halogens is 3. The van der Waals surface area contributed by atoms with E-state index in [1.54, 1.807) is 12.1 Å². The van der Waals surface area contributed by atoms with Gasteiger partial charge in [0.2, 0.25) is 5.96 Å². The number of anilines is 1. The van der Waals surface area contributed by atoms with Gasteiger partial charge in [0.15, 0.2) is 0 Å². The highest BCUT2D eigenvalue weighted by Gasteiger charge is 2.09. The Balaban J connectivity index is 2.85. The second-order valence-electron chi connectivity index (χ2n) is 3.60. The molecule has 4 N–H and O–H groups in total. The Morgan fingerprint density at radius 1 is 1.28 bits per heavy atom. The molecule has 0 aliphatic carbocycles. The molecular formula is C11H15Cl3N4. The van der Waals surface area contributed by atoms with Crippen LogP contribution in [0.3, 0.4) is 0 Å². The summed E-state index contributed by atoms with van der Waals surface area (Å²) in [5.41, 5.74) is 2.99. The molecule has 0 amide bonds. The fourth-order valence-electron chi connectivity index (χ4n) is 1.25. The van der Waals surface area contributed by atoms with Crippen LogP contribution in [0.1, 0.15) is 19.8 Å². The van der Waals surface area contributed by atoms with Crippen LogP contribution in [0.4, 0.5) is 5.69 Å². The molecule has 0 heterocycles. The van der Waals surface area contributed by atoms with Crippen LogP contribution >= 0.6 is 34.8 Å². The molecule has 0 saturated carbocycles. The minimum absolute atomic E-state index is 0.408. The van der Waals surface area contributed by atoms with E-state index in [1.165, 1.54) is 0 Å². The molecule has 18 heavy (non-hydrogen) atoms. The Morgan fingerprint density at radius 2 is 1.89 bits per heavy atom. The molecule has 0 saturated heterocycles. The minimum Gasteiger partial charge on any atom is -0.323 e. The average molecular weight is 310 g/mol. The molecule has 7 heteroatoms. The topological polar surface area (TPSA) is 62.4 Å². The minimum atomic E-state index is 0.408. The summed E-state index contributed by atoms with van der Waals surface area (Å²) in [7, 11) is 0. The van der Waals surface area contributed by atoms with E-state index in [2.05, 4.69) is 22.7 Å². The molecule has 0 aliphatic heterocycles. The Labute approximate surface area is 121 Å². The SMILES string of the molecule is CCCCN=C(NN)Nc1c(Cl)cc(Cl)cc1Cl. The summed E-state index contributed by atoms with van der Waals surface area (Å²) >= 11 is 17.9. The van der Waals surface area contributed by atoms with Crippen LogP contribution in [0.15, 0.2) is 17.1 Å². The van der Waals surface area contributed by atoms with Crippen molar-refractivity contribution in [3.63, 3.8) is 0 Å². The molecule has 0 spiro atoms. The number of hydrogen-bond donors (Lipinski definition) is 3. The molecule has 0 unspecified atom stereocenters. The lowest BCUT2D eigenvalue weighted by molar-refractivity contribution is 0.801. The van der Waals surface area contributed by atoms with Gasteiger partial charge in [0, 0.05) is 11.6 Å². The van der Waals surface area contributed by atoms with Gasteiger partial charge >= 0.3 is 0 Å². The molecule has 4 nitrogen and oxygen atoms in total. The quantitative estimate of drug-likeness (QED) is 0.261. The van der Waals surface area contributed by atoms with Gasteiger partial charge in [-0.1, -0.05) is 48.1 Å². The number of hydrogen-bond acceptors (Lipinski definition) is 2. The van der Waals surface area contributed by atoms with E-state index >= 15 is 0 Å². The van der Waals surface area contributed by atoms with E-state index < -0.39 is 0 Å². The molecule has 0 aliphatic rings. The lowest BCUT2D eigenvalue weighted by atomic mass is 10.3. The highest BCUT2D eigenvalue weighted by Crippen LogP contribution is 2.33. The predicted octanol–water partition coefficient (Wildman–Crippen LogP) is 3.68. The van der Waals surface area contributed by atoms with E-state index in [-0.39, 0.29) is 0 Å². The zero-order valence-corrected chi connectivity index (χ0v) is 12.2. The van der Waals surface area contributed by atoms with Crippen molar-refractivity contribution in [1.82, 2.24) is 5.43 Å². The summed E-state index contributed by atoms with van der Waals surface area (Å²) in [5, 5.41) is 4.23. The average Bonchev–Trinajstić information content (AvgIpc) is 2.31. The first-order chi connectivity index (χ1) is 8.58. The van der Waals surface area contributed by atoms with E-state index in [9.17, 15) is 0 Å². The lowest BCUT2D eigenvalue weighted by Gasteiger charge is -2.12. The van der Waals surface area contributed by atoms with Crippen molar-refractivity contribution in [2.24, 2.45) is 10.8 Å². The summed E-state index contributed by atoms with van der Waals surface area (Å²) in [6, 6.07) is 3.19. The van der Waals surface area contributed by atoms with Crippen molar-refractivity contribution >= 4 is 46.4 Å². The fourth-order valence-corrected chi connectivity index (χ4v) is 2.16. The maximum atomic E-state index is 6.04. The number of nitrogens with two attached hydrogens (primary N) is 1. The third kappa shape index (κ3) is 4.53. The van der Waals surface area contributed by atoms with Crippen molar-refractivity contribution < 1.29 is 0 Å². The van der Waals surface area contributed by atoms with Crippen molar-refractivity contribution in [3.05, 3.63) is 27.2 Å². The van der Waals surface area contributed by atoms with Crippen molar-refractivity contribution in [2.45, 2.75) is 19.8 Å². The molecule has 0 aromatic heterocycles. The normalized spacial score (nSPS) is 11.5. The smallest absolute Gasteiger partial charge is 0.210 e. The van der Waals surface area contributed by atoms with Gasteiger partial charge < -0.3 is 5.32 Å². The van der Waals surface area contributed by atoms with Crippen LogP contribution in [0.5, 0.6) is 0 Å². The van der Waals surface area contributed by atoms with Crippen molar-refractivity contribution in [3.8, 4) is 0 Å². The van der Waals surface area contributed by atoms with Gasteiger partial charge in [-0.3, -0.25) is 10.4 Å². The van der Waals surface area contributed by atoms with Gasteiger partial charge in [-0.05, 0) is 18.6 Å². The van der Waals surface area contributed by atoms with Crippen molar-refractivity contribution in [2.75, 3.05) is 11.9 Å². The van der Waals surface area contributed by atoms with Crippen LogP contribution < -0.4 is 16.6 Å². The molecule has 0 bridgehead atoms. The number of nitrogens with zero attached hydrogens (tertiary/aromatic N) is 1. The Bertz CT molecular complexity index is 411. The summed E-state index contributed by atoms with van der Waals surface area (Å²) in [5.74, 6) is 5.79. The number of hydrazine groups is 1. The zero-order chi connectivity index (χ0) is 13.5. The Hall–Kier alpha value is -0.680. The molecule has 1 rings (SSSR count). The fraction of sp³-hybridized carbons (Fsp3) is 0.364. The molecule has 0 fully saturated rings. The van der Waals surface area contributed by atoms with Crippen LogP contribution in [-0.2, 0) is 0 Å². The van der Waals surface area contributed by atoms with Gasteiger partial charge in [-0.15, -0.1) is 0 Å². The summed E-state index contributed by atoms with van der Waals surface area (Å²) in [6.07, 6.45) is 2.04. The maximum absolute atomic E-state index is 6.04. The third-order valence-corrected chi connectivity index (χ3v) is 2.98. The van der Waals surface area contributed by atoms with E-state index in [1.807, 2.05) is 0 Å². The molecular weight excluding hydrogens is 295 g/mol. The van der Waals surface area contributed by atoms with E-state index in [0.717, 1.165) is 12.8 Å². The molecule has 1 aromatic carbocycles. The van der Waals surface area contributed by atoms with Crippen LogP contribution in [0.25, 0.3) is 0 Å². The van der Waals surface area contributed by atoms with Gasteiger partial charge in [0.1, 0.15) is 0 Å². The molecule has 1 aromatic rings. The number of benzene rings is 1. The molecule has 0 atom stereocenters. The monoisotopic (exact) mass is 308 g/mol. The van der Waals surface area contributed by atoms with Crippen LogP contribution in [-0.4, -0.2) is 12.5 Å². The van der Waals surface area contributed by atoms with Gasteiger partial charge in [0.05, 0.1) is 15.7 Å². The molecule has 100 valence electrons. The number of aliphatic imine (C=N–C) groups is 1. The third-order valence-electron chi connectivity index (χ3n) is 2.17. The second-order valence-corrected chi connectivity index (χ2v) is 4.85. The Morgan fingerprint density at radius 3 is 2.39 bits per heavy atom. The number of guanidine groups is 1. The van der Waals surface area contributed by atoms with Gasteiger partial charge in [0.25, 0.3) is 0 Å². The summed E-state index contributed by atoms with van der Waals surface area (Å²) in [4.78, 5) is 4.25. The van der Waals surface area contributed by atoms with E-state index in [0.29, 0.717) is 33.3 Å². The second kappa shape index (κ2) is 7.69. The van der Waals surface area contributed by atoms with E-state index in [4.69, 9.17) is 40.6 Å². The zero-order valence-electron chi connectivity index (χ0n) is 9.93. The summed E-state index contributed by atoms with van der Waals surface area (Å²) in [6.45, 7) is 2.76. The first kappa shape index (κ1) is 15.4. The Kier molecular flexibility index (Phi) is 6.57. The van der Waals surface area contributed by atoms with Gasteiger partial charge in [-0.25, -0.2) is 5.84 Å². The van der Waals surface area contributed by atoms with Crippen LogP contribution in [0, 0.1) is 0 Å². The van der Waals surface area contributed by atoms with Crippen LogP contribution in [0.2, 0.25) is 15.1 Å². The van der Waals surface area contributed by atoms with Crippen molar-refractivity contribution in [1.29, 1.82) is 0 Å². The number of rotatable bonds is 4. The number of unbranched alkanes of at least 4 members (excludes halogenated alkanes) is 1. The first-order valence-electron chi connectivity index (χ1n) is 5.51. The largest absolute Gasteiger partial charge is 0.323 e.